The first kappa shape index (κ1) is 17.3. The quantitative estimate of drug-likeness (QED) is 0.446. The van der Waals surface area contributed by atoms with E-state index in [-0.39, 0.29) is 0 Å². The van der Waals surface area contributed by atoms with Crippen LogP contribution in [-0.2, 0) is 11.3 Å². The van der Waals surface area contributed by atoms with Crippen LogP contribution >= 0.6 is 0 Å². The molecule has 0 saturated heterocycles. The Hall–Kier alpha value is -2.01. The molecule has 5 nitrogen and oxygen atoms in total. The standard InChI is InChI=1S/C18H27N3O2/c1-14(2)8-10-22-11-9-20-18(19-3)21-13-16-12-15-6-4-5-7-17(15)23-16/h4-7,12,14H,8-11,13H2,1-3H3,(H2,19,20,21). The van der Waals surface area contributed by atoms with Crippen LogP contribution in [0.25, 0.3) is 11.0 Å². The summed E-state index contributed by atoms with van der Waals surface area (Å²) in [4.78, 5) is 4.20. The van der Waals surface area contributed by atoms with Crippen molar-refractivity contribution in [3.05, 3.63) is 36.1 Å². The molecular weight excluding hydrogens is 290 g/mol. The van der Waals surface area contributed by atoms with Gasteiger partial charge in [0.1, 0.15) is 11.3 Å². The summed E-state index contributed by atoms with van der Waals surface area (Å²) in [6.07, 6.45) is 1.10. The summed E-state index contributed by atoms with van der Waals surface area (Å²) in [6, 6.07) is 10.0. The van der Waals surface area contributed by atoms with Gasteiger partial charge in [-0.25, -0.2) is 0 Å². The maximum atomic E-state index is 5.77. The molecule has 0 unspecified atom stereocenters. The Bertz CT molecular complexity index is 587. The van der Waals surface area contributed by atoms with Crippen molar-refractivity contribution in [1.29, 1.82) is 0 Å². The predicted octanol–water partition coefficient (Wildman–Crippen LogP) is 3.16. The molecule has 0 bridgehead atoms. The van der Waals surface area contributed by atoms with Crippen LogP contribution in [0.3, 0.4) is 0 Å². The number of hydrogen-bond donors (Lipinski definition) is 2. The molecule has 5 heteroatoms. The van der Waals surface area contributed by atoms with E-state index in [1.54, 1.807) is 7.05 Å². The second-order valence-corrected chi connectivity index (χ2v) is 5.90. The normalized spacial score (nSPS) is 12.1. The lowest BCUT2D eigenvalue weighted by molar-refractivity contribution is 0.128. The molecule has 1 aromatic heterocycles. The second kappa shape index (κ2) is 9.20. The Balaban J connectivity index is 1.68. The molecule has 2 aromatic rings. The van der Waals surface area contributed by atoms with Crippen LogP contribution in [0.5, 0.6) is 0 Å². The van der Waals surface area contributed by atoms with Gasteiger partial charge in [-0.05, 0) is 24.5 Å². The molecule has 0 radical (unpaired) electrons. The van der Waals surface area contributed by atoms with Crippen LogP contribution in [0, 0.1) is 5.92 Å². The Labute approximate surface area is 138 Å². The largest absolute Gasteiger partial charge is 0.459 e. The average molecular weight is 317 g/mol. The van der Waals surface area contributed by atoms with Crippen LogP contribution < -0.4 is 10.6 Å². The van der Waals surface area contributed by atoms with Crippen molar-refractivity contribution in [1.82, 2.24) is 10.6 Å². The first-order chi connectivity index (χ1) is 11.2. The van der Waals surface area contributed by atoms with Crippen molar-refractivity contribution in [2.24, 2.45) is 10.9 Å². The molecule has 23 heavy (non-hydrogen) atoms. The number of rotatable bonds is 8. The van der Waals surface area contributed by atoms with Gasteiger partial charge >= 0.3 is 0 Å². The third kappa shape index (κ3) is 5.94. The SMILES string of the molecule is CN=C(NCCOCCC(C)C)NCc1cc2ccccc2o1. The maximum Gasteiger partial charge on any atom is 0.191 e. The second-order valence-electron chi connectivity index (χ2n) is 5.90. The van der Waals surface area contributed by atoms with Crippen LogP contribution in [0.1, 0.15) is 26.0 Å². The van der Waals surface area contributed by atoms with E-state index in [0.717, 1.165) is 42.3 Å². The van der Waals surface area contributed by atoms with Crippen molar-refractivity contribution in [3.8, 4) is 0 Å². The Morgan fingerprint density at radius 1 is 1.22 bits per heavy atom. The molecule has 126 valence electrons. The minimum atomic E-state index is 0.600. The first-order valence-corrected chi connectivity index (χ1v) is 8.18. The van der Waals surface area contributed by atoms with Gasteiger partial charge in [-0.2, -0.15) is 0 Å². The minimum Gasteiger partial charge on any atom is -0.459 e. The summed E-state index contributed by atoms with van der Waals surface area (Å²) in [5.74, 6) is 2.32. The number of furan rings is 1. The molecule has 0 amide bonds. The highest BCUT2D eigenvalue weighted by molar-refractivity contribution is 5.80. The van der Waals surface area contributed by atoms with Crippen molar-refractivity contribution in [3.63, 3.8) is 0 Å². The Morgan fingerprint density at radius 3 is 2.78 bits per heavy atom. The molecule has 0 aliphatic rings. The van der Waals surface area contributed by atoms with Crippen LogP contribution in [-0.4, -0.2) is 32.8 Å². The van der Waals surface area contributed by atoms with E-state index in [4.69, 9.17) is 9.15 Å². The molecule has 0 spiro atoms. The molecule has 0 aliphatic heterocycles. The Morgan fingerprint density at radius 2 is 2.04 bits per heavy atom. The van der Waals surface area contributed by atoms with E-state index in [2.05, 4.69) is 29.5 Å². The number of nitrogens with one attached hydrogen (secondary N) is 2. The lowest BCUT2D eigenvalue weighted by Gasteiger charge is -2.11. The lowest BCUT2D eigenvalue weighted by Crippen LogP contribution is -2.38. The number of aliphatic imine (C=N–C) groups is 1. The van der Waals surface area contributed by atoms with Crippen molar-refractivity contribution >= 4 is 16.9 Å². The fourth-order valence-corrected chi connectivity index (χ4v) is 2.18. The van der Waals surface area contributed by atoms with Crippen LogP contribution in [0.15, 0.2) is 39.7 Å². The molecule has 1 heterocycles. The molecular formula is C18H27N3O2. The van der Waals surface area contributed by atoms with E-state index >= 15 is 0 Å². The van der Waals surface area contributed by atoms with Gasteiger partial charge in [0.2, 0.25) is 0 Å². The van der Waals surface area contributed by atoms with Gasteiger partial charge in [-0.15, -0.1) is 0 Å². The lowest BCUT2D eigenvalue weighted by atomic mass is 10.1. The number of guanidine groups is 1. The van der Waals surface area contributed by atoms with Gasteiger partial charge in [-0.1, -0.05) is 32.0 Å². The summed E-state index contributed by atoms with van der Waals surface area (Å²) in [7, 11) is 1.76. The van der Waals surface area contributed by atoms with Crippen molar-refractivity contribution in [2.45, 2.75) is 26.8 Å². The molecule has 0 saturated carbocycles. The van der Waals surface area contributed by atoms with E-state index < -0.39 is 0 Å². The van der Waals surface area contributed by atoms with Gasteiger partial charge in [0.05, 0.1) is 13.2 Å². The van der Waals surface area contributed by atoms with Gasteiger partial charge in [0.25, 0.3) is 0 Å². The summed E-state index contributed by atoms with van der Waals surface area (Å²) in [5, 5.41) is 7.60. The molecule has 2 N–H and O–H groups in total. The molecule has 0 aliphatic carbocycles. The average Bonchev–Trinajstić information content (AvgIpc) is 2.96. The van der Waals surface area contributed by atoms with Crippen LogP contribution in [0.2, 0.25) is 0 Å². The van der Waals surface area contributed by atoms with Gasteiger partial charge in [0.15, 0.2) is 5.96 Å². The minimum absolute atomic E-state index is 0.600. The molecule has 0 fully saturated rings. The third-order valence-electron chi connectivity index (χ3n) is 3.51. The Kier molecular flexibility index (Phi) is 6.94. The number of benzene rings is 1. The van der Waals surface area contributed by atoms with Crippen molar-refractivity contribution in [2.75, 3.05) is 26.8 Å². The highest BCUT2D eigenvalue weighted by Gasteiger charge is 2.04. The monoisotopic (exact) mass is 317 g/mol. The summed E-state index contributed by atoms with van der Waals surface area (Å²) in [5.41, 5.74) is 0.908. The summed E-state index contributed by atoms with van der Waals surface area (Å²) < 4.78 is 11.4. The van der Waals surface area contributed by atoms with Gasteiger partial charge in [0, 0.05) is 25.6 Å². The van der Waals surface area contributed by atoms with Crippen molar-refractivity contribution < 1.29 is 9.15 Å². The van der Waals surface area contributed by atoms with Crippen LogP contribution in [0.4, 0.5) is 0 Å². The highest BCUT2D eigenvalue weighted by Crippen LogP contribution is 2.18. The first-order valence-electron chi connectivity index (χ1n) is 8.18. The fraction of sp³-hybridized carbons (Fsp3) is 0.500. The maximum absolute atomic E-state index is 5.77. The zero-order valence-corrected chi connectivity index (χ0v) is 14.3. The number of ether oxygens (including phenoxy) is 1. The van der Waals surface area contributed by atoms with Gasteiger partial charge < -0.3 is 19.8 Å². The van der Waals surface area contributed by atoms with E-state index in [0.29, 0.717) is 19.1 Å². The molecule has 0 atom stereocenters. The topological polar surface area (TPSA) is 58.8 Å². The fourth-order valence-electron chi connectivity index (χ4n) is 2.18. The smallest absolute Gasteiger partial charge is 0.191 e. The number of nitrogens with zero attached hydrogens (tertiary/aromatic N) is 1. The molecule has 1 aromatic carbocycles. The number of para-hydroxylation sites is 1. The number of fused-ring (bicyclic) bond motifs is 1. The van der Waals surface area contributed by atoms with Gasteiger partial charge in [-0.3, -0.25) is 4.99 Å². The van der Waals surface area contributed by atoms with E-state index in [1.807, 2.05) is 30.3 Å². The van der Waals surface area contributed by atoms with E-state index in [1.165, 1.54) is 0 Å². The molecule has 2 rings (SSSR count). The van der Waals surface area contributed by atoms with E-state index in [9.17, 15) is 0 Å². The predicted molar refractivity (Wildman–Crippen MR) is 94.7 cm³/mol. The highest BCUT2D eigenvalue weighted by atomic mass is 16.5. The number of hydrogen-bond acceptors (Lipinski definition) is 3. The zero-order valence-electron chi connectivity index (χ0n) is 14.3. The third-order valence-corrected chi connectivity index (χ3v) is 3.51. The summed E-state index contributed by atoms with van der Waals surface area (Å²) >= 11 is 0. The summed E-state index contributed by atoms with van der Waals surface area (Å²) in [6.45, 7) is 7.22. The zero-order chi connectivity index (χ0) is 16.5.